The molecular weight excluding hydrogens is 691 g/mol. The van der Waals surface area contributed by atoms with Crippen LogP contribution in [0.1, 0.15) is 64.8 Å². The topological polar surface area (TPSA) is 116 Å². The van der Waals surface area contributed by atoms with Crippen molar-refractivity contribution in [2.75, 3.05) is 31.2 Å². The molecule has 10 heteroatoms. The van der Waals surface area contributed by atoms with Crippen molar-refractivity contribution < 1.29 is 24.2 Å². The van der Waals surface area contributed by atoms with Crippen molar-refractivity contribution in [1.82, 2.24) is 20.5 Å². The lowest BCUT2D eigenvalue weighted by molar-refractivity contribution is -0.276. The van der Waals surface area contributed by atoms with Crippen LogP contribution in [0.25, 0.3) is 11.1 Å². The predicted octanol–water partition coefficient (Wildman–Crippen LogP) is 6.39. The van der Waals surface area contributed by atoms with E-state index in [-0.39, 0.29) is 36.5 Å². The second-order valence-electron chi connectivity index (χ2n) is 14.8. The number of ether oxygens (including phenoxy) is 2. The first-order valence-electron chi connectivity index (χ1n) is 19.1. The minimum atomic E-state index is -0.615. The number of hydrogen-bond donors (Lipinski definition) is 3. The zero-order valence-corrected chi connectivity index (χ0v) is 31.0. The van der Waals surface area contributed by atoms with Gasteiger partial charge >= 0.3 is 0 Å². The quantitative estimate of drug-likeness (QED) is 0.151. The Kier molecular flexibility index (Phi) is 10.7. The third kappa shape index (κ3) is 7.77. The van der Waals surface area contributed by atoms with E-state index in [1.165, 1.54) is 0 Å². The third-order valence-corrected chi connectivity index (χ3v) is 11.4. The fourth-order valence-electron chi connectivity index (χ4n) is 8.23. The summed E-state index contributed by atoms with van der Waals surface area (Å²) in [4.78, 5) is 34.7. The van der Waals surface area contributed by atoms with Crippen LogP contribution in [0.4, 0.5) is 5.69 Å². The molecule has 10 nitrogen and oxygen atoms in total. The second kappa shape index (κ2) is 16.1. The number of aliphatic hydroxyl groups excluding tert-OH is 1. The summed E-state index contributed by atoms with van der Waals surface area (Å²) in [6, 6.07) is 38.1. The zero-order valence-electron chi connectivity index (χ0n) is 31.0. The molecule has 3 fully saturated rings. The number of aliphatic hydroxyl groups is 1. The van der Waals surface area contributed by atoms with Gasteiger partial charge in [-0.2, -0.15) is 0 Å². The van der Waals surface area contributed by atoms with Gasteiger partial charge < -0.3 is 35.0 Å². The number of aromatic nitrogens is 1. The van der Waals surface area contributed by atoms with E-state index in [1.807, 2.05) is 66.7 Å². The molecule has 4 heterocycles. The summed E-state index contributed by atoms with van der Waals surface area (Å²) in [7, 11) is 0. The van der Waals surface area contributed by atoms with Gasteiger partial charge in [-0.1, -0.05) is 85.8 Å². The van der Waals surface area contributed by atoms with Crippen molar-refractivity contribution in [3.63, 3.8) is 0 Å². The van der Waals surface area contributed by atoms with Crippen LogP contribution in [-0.4, -0.2) is 64.8 Å². The minimum absolute atomic E-state index is 0.0171. The molecule has 282 valence electrons. The number of carbonyl (C=O) groups excluding carboxylic acids is 2. The summed E-state index contributed by atoms with van der Waals surface area (Å²) in [6.07, 6.45) is 3.67. The third-order valence-electron chi connectivity index (χ3n) is 11.4. The Hall–Kier alpha value is -5.39. The first-order valence-corrected chi connectivity index (χ1v) is 19.1. The van der Waals surface area contributed by atoms with E-state index in [9.17, 15) is 14.7 Å². The highest BCUT2D eigenvalue weighted by atomic mass is 16.7. The molecule has 0 aliphatic carbocycles. The molecule has 0 bridgehead atoms. The van der Waals surface area contributed by atoms with Crippen LogP contribution >= 0.6 is 0 Å². The fraction of sp³-hybridized carbons (Fsp3) is 0.311. The van der Waals surface area contributed by atoms with Gasteiger partial charge in [0.05, 0.1) is 31.0 Å². The smallest absolute Gasteiger partial charge is 0.253 e. The summed E-state index contributed by atoms with van der Waals surface area (Å²) in [5.74, 6) is -0.0267. The van der Waals surface area contributed by atoms with Crippen molar-refractivity contribution in [3.05, 3.63) is 155 Å². The molecule has 55 heavy (non-hydrogen) atoms. The highest BCUT2D eigenvalue weighted by molar-refractivity contribution is 5.94. The van der Waals surface area contributed by atoms with Gasteiger partial charge in [-0.25, -0.2) is 0 Å². The Morgan fingerprint density at radius 1 is 0.873 bits per heavy atom. The fourth-order valence-corrected chi connectivity index (χ4v) is 8.23. The van der Waals surface area contributed by atoms with Gasteiger partial charge in [0.15, 0.2) is 6.29 Å². The van der Waals surface area contributed by atoms with Gasteiger partial charge in [-0.3, -0.25) is 14.6 Å². The maximum atomic E-state index is 13.3. The number of hydrogen-bond acceptors (Lipinski definition) is 8. The van der Waals surface area contributed by atoms with E-state index < -0.39 is 11.8 Å². The second-order valence-corrected chi connectivity index (χ2v) is 14.8. The Morgan fingerprint density at radius 3 is 2.38 bits per heavy atom. The highest BCUT2D eigenvalue weighted by Crippen LogP contribution is 2.43. The van der Waals surface area contributed by atoms with Gasteiger partial charge in [-0.05, 0) is 77.1 Å². The number of amides is 2. The summed E-state index contributed by atoms with van der Waals surface area (Å²) in [5.41, 5.74) is 6.87. The molecule has 1 aromatic heterocycles. The van der Waals surface area contributed by atoms with Gasteiger partial charge in [-0.15, -0.1) is 0 Å². The van der Waals surface area contributed by atoms with Crippen molar-refractivity contribution in [2.24, 2.45) is 5.92 Å². The first kappa shape index (κ1) is 36.6. The van der Waals surface area contributed by atoms with Gasteiger partial charge in [0.2, 0.25) is 5.91 Å². The standard InChI is InChI=1S/C45H47N5O5/c1-31-40(28-49-22-19-45(20-23-49)44(53)48-30-50(45)39-13-3-2-4-14-39)54-43(55-41(31)34-17-15-32(29-51)16-18-34)37-11-6-10-36(25-37)35-9-5-8-33(24-35)26-47-42(52)38-12-7-21-46-27-38/h2-18,21,24-25,27,31,40-41,43,51H,19-20,22-23,26,28-30H2,1H3,(H,47,52)(H,48,53). The number of rotatable bonds is 10. The Morgan fingerprint density at radius 2 is 1.64 bits per heavy atom. The highest BCUT2D eigenvalue weighted by Gasteiger charge is 2.51. The van der Waals surface area contributed by atoms with Crippen molar-refractivity contribution in [3.8, 4) is 11.1 Å². The Bertz CT molecular complexity index is 2090. The molecule has 3 aliphatic rings. The number of benzene rings is 4. The zero-order chi connectivity index (χ0) is 37.8. The van der Waals surface area contributed by atoms with Crippen LogP contribution in [0.2, 0.25) is 0 Å². The van der Waals surface area contributed by atoms with E-state index in [1.54, 1.807) is 24.5 Å². The van der Waals surface area contributed by atoms with E-state index in [0.29, 0.717) is 25.3 Å². The van der Waals surface area contributed by atoms with Crippen molar-refractivity contribution in [2.45, 2.75) is 57.0 Å². The summed E-state index contributed by atoms with van der Waals surface area (Å²) >= 11 is 0. The normalized spacial score (nSPS) is 22.4. The van der Waals surface area contributed by atoms with Crippen LogP contribution in [0.5, 0.6) is 0 Å². The van der Waals surface area contributed by atoms with Gasteiger partial charge in [0.25, 0.3) is 5.91 Å². The molecule has 0 radical (unpaired) electrons. The summed E-state index contributed by atoms with van der Waals surface area (Å²) in [5, 5.41) is 15.8. The first-order chi connectivity index (χ1) is 26.9. The number of nitrogens with zero attached hydrogens (tertiary/aromatic N) is 3. The number of carbonyl (C=O) groups is 2. The average molecular weight is 738 g/mol. The molecule has 8 rings (SSSR count). The summed E-state index contributed by atoms with van der Waals surface area (Å²) < 4.78 is 13.7. The largest absolute Gasteiger partial charge is 0.392 e. The number of anilines is 1. The van der Waals surface area contributed by atoms with Crippen LogP contribution in [0.15, 0.2) is 128 Å². The lowest BCUT2D eigenvalue weighted by Gasteiger charge is -2.46. The SMILES string of the molecule is CC1C(CN2CCC3(CC2)C(=O)NCN3c2ccccc2)OC(c2cccc(-c3cccc(CNC(=O)c4cccnc4)c3)c2)OC1c1ccc(CO)cc1. The molecule has 0 saturated carbocycles. The number of piperidine rings is 1. The average Bonchev–Trinajstić information content (AvgIpc) is 3.56. The predicted molar refractivity (Wildman–Crippen MR) is 211 cm³/mol. The lowest BCUT2D eigenvalue weighted by atomic mass is 9.84. The van der Waals surface area contributed by atoms with Crippen molar-refractivity contribution in [1.29, 1.82) is 0 Å². The maximum Gasteiger partial charge on any atom is 0.253 e. The molecule has 4 atom stereocenters. The van der Waals surface area contributed by atoms with E-state index >= 15 is 0 Å². The number of nitrogens with one attached hydrogen (secondary N) is 2. The molecular formula is C45H47N5O5. The summed E-state index contributed by atoms with van der Waals surface area (Å²) in [6.45, 7) is 5.34. The van der Waals surface area contributed by atoms with Crippen LogP contribution < -0.4 is 15.5 Å². The lowest BCUT2D eigenvalue weighted by Crippen LogP contribution is -2.57. The maximum absolute atomic E-state index is 13.3. The molecule has 3 aliphatic heterocycles. The molecule has 1 spiro atoms. The monoisotopic (exact) mass is 737 g/mol. The minimum Gasteiger partial charge on any atom is -0.392 e. The molecule has 4 unspecified atom stereocenters. The molecule has 2 amide bonds. The Balaban J connectivity index is 1.00. The van der Waals surface area contributed by atoms with Gasteiger partial charge in [0, 0.05) is 55.7 Å². The van der Waals surface area contributed by atoms with Crippen LogP contribution in [0, 0.1) is 5.92 Å². The van der Waals surface area contributed by atoms with Crippen LogP contribution in [-0.2, 0) is 27.4 Å². The number of likely N-dealkylation sites (tertiary alicyclic amines) is 1. The van der Waals surface area contributed by atoms with Crippen molar-refractivity contribution >= 4 is 17.5 Å². The molecule has 5 aromatic rings. The molecule has 4 aromatic carbocycles. The number of para-hydroxylation sites is 1. The number of pyridine rings is 1. The van der Waals surface area contributed by atoms with E-state index in [0.717, 1.165) is 65.0 Å². The van der Waals surface area contributed by atoms with Gasteiger partial charge in [0.1, 0.15) is 5.54 Å². The van der Waals surface area contributed by atoms with E-state index in [2.05, 4.69) is 68.7 Å². The van der Waals surface area contributed by atoms with E-state index in [4.69, 9.17) is 9.47 Å². The Labute approximate surface area is 322 Å². The molecule has 3 N–H and O–H groups in total. The van der Waals surface area contributed by atoms with Crippen LogP contribution in [0.3, 0.4) is 0 Å². The molecule has 3 saturated heterocycles.